The SMILES string of the molecule is Fc1ccc(N2CCNC2)cc1F. The molecule has 0 spiro atoms. The van der Waals surface area contributed by atoms with Gasteiger partial charge in [0.2, 0.25) is 0 Å². The Morgan fingerprint density at radius 2 is 2.08 bits per heavy atom. The van der Waals surface area contributed by atoms with Crippen LogP contribution in [0.2, 0.25) is 0 Å². The number of benzene rings is 1. The van der Waals surface area contributed by atoms with Crippen LogP contribution in [0.4, 0.5) is 14.5 Å². The molecule has 4 heteroatoms. The summed E-state index contributed by atoms with van der Waals surface area (Å²) in [6, 6.07) is 3.97. The van der Waals surface area contributed by atoms with Gasteiger partial charge in [-0.3, -0.25) is 5.32 Å². The van der Waals surface area contributed by atoms with Crippen LogP contribution in [0, 0.1) is 11.6 Å². The quantitative estimate of drug-likeness (QED) is 0.708. The molecule has 1 aliphatic rings. The number of nitrogens with zero attached hydrogens (tertiary/aromatic N) is 1. The molecule has 1 saturated heterocycles. The summed E-state index contributed by atoms with van der Waals surface area (Å²) in [5, 5.41) is 3.11. The highest BCUT2D eigenvalue weighted by Crippen LogP contribution is 2.18. The van der Waals surface area contributed by atoms with E-state index in [2.05, 4.69) is 5.32 Å². The van der Waals surface area contributed by atoms with Crippen LogP contribution in [0.25, 0.3) is 0 Å². The van der Waals surface area contributed by atoms with Crippen LogP contribution in [0.1, 0.15) is 0 Å². The third-order valence-corrected chi connectivity index (χ3v) is 2.13. The zero-order chi connectivity index (χ0) is 9.26. The lowest BCUT2D eigenvalue weighted by Crippen LogP contribution is -2.21. The van der Waals surface area contributed by atoms with Crippen molar-refractivity contribution in [2.24, 2.45) is 0 Å². The van der Waals surface area contributed by atoms with E-state index in [0.717, 1.165) is 24.8 Å². The number of hydrogen-bond acceptors (Lipinski definition) is 2. The Morgan fingerprint density at radius 1 is 1.23 bits per heavy atom. The van der Waals surface area contributed by atoms with E-state index in [-0.39, 0.29) is 0 Å². The van der Waals surface area contributed by atoms with Crippen LogP contribution in [-0.4, -0.2) is 19.8 Å². The Balaban J connectivity index is 2.25. The van der Waals surface area contributed by atoms with Crippen LogP contribution in [-0.2, 0) is 0 Å². The lowest BCUT2D eigenvalue weighted by atomic mass is 10.3. The molecule has 0 bridgehead atoms. The molecule has 1 fully saturated rings. The minimum absolute atomic E-state index is 0.699. The Morgan fingerprint density at radius 3 is 2.69 bits per heavy atom. The molecule has 0 radical (unpaired) electrons. The summed E-state index contributed by atoms with van der Waals surface area (Å²) in [7, 11) is 0. The van der Waals surface area contributed by atoms with Crippen LogP contribution in [0.3, 0.4) is 0 Å². The lowest BCUT2D eigenvalue weighted by Gasteiger charge is -2.16. The van der Waals surface area contributed by atoms with Crippen LogP contribution in [0.15, 0.2) is 18.2 Å². The highest BCUT2D eigenvalue weighted by molar-refractivity contribution is 5.47. The van der Waals surface area contributed by atoms with Crippen molar-refractivity contribution in [3.8, 4) is 0 Å². The molecule has 1 aromatic rings. The molecule has 1 heterocycles. The molecular formula is C9H10F2N2. The Kier molecular flexibility index (Phi) is 2.14. The van der Waals surface area contributed by atoms with E-state index in [9.17, 15) is 8.78 Å². The molecule has 0 aliphatic carbocycles. The van der Waals surface area contributed by atoms with Gasteiger partial charge in [-0.15, -0.1) is 0 Å². The average Bonchev–Trinajstić information content (AvgIpc) is 2.62. The summed E-state index contributed by atoms with van der Waals surface area (Å²) >= 11 is 0. The summed E-state index contributed by atoms with van der Waals surface area (Å²) in [6.45, 7) is 2.43. The normalized spacial score (nSPS) is 16.6. The van der Waals surface area contributed by atoms with Crippen molar-refractivity contribution in [3.05, 3.63) is 29.8 Å². The van der Waals surface area contributed by atoms with Crippen LogP contribution < -0.4 is 10.2 Å². The van der Waals surface area contributed by atoms with Gasteiger partial charge in [0.05, 0.1) is 6.67 Å². The number of halogens is 2. The third-order valence-electron chi connectivity index (χ3n) is 2.13. The smallest absolute Gasteiger partial charge is 0.160 e. The average molecular weight is 184 g/mol. The molecule has 1 aliphatic heterocycles. The monoisotopic (exact) mass is 184 g/mol. The van der Waals surface area contributed by atoms with Crippen molar-refractivity contribution in [2.75, 3.05) is 24.7 Å². The summed E-state index contributed by atoms with van der Waals surface area (Å²) in [6.07, 6.45) is 0. The first kappa shape index (κ1) is 8.44. The first-order valence-electron chi connectivity index (χ1n) is 4.18. The molecule has 2 nitrogen and oxygen atoms in total. The largest absolute Gasteiger partial charge is 0.357 e. The molecule has 1 aromatic carbocycles. The molecule has 0 saturated carbocycles. The predicted molar refractivity (Wildman–Crippen MR) is 46.6 cm³/mol. The van der Waals surface area contributed by atoms with Crippen LogP contribution in [0.5, 0.6) is 0 Å². The number of anilines is 1. The highest BCUT2D eigenvalue weighted by Gasteiger charge is 2.12. The second-order valence-corrected chi connectivity index (χ2v) is 3.02. The summed E-state index contributed by atoms with van der Waals surface area (Å²) in [5.41, 5.74) is 0.726. The maximum absolute atomic E-state index is 12.8. The first-order valence-corrected chi connectivity index (χ1v) is 4.18. The van der Waals surface area contributed by atoms with E-state index >= 15 is 0 Å². The van der Waals surface area contributed by atoms with Gasteiger partial charge >= 0.3 is 0 Å². The molecule has 1 N–H and O–H groups in total. The van der Waals surface area contributed by atoms with E-state index in [1.54, 1.807) is 6.07 Å². The van der Waals surface area contributed by atoms with E-state index in [1.165, 1.54) is 6.07 Å². The Bertz CT molecular complexity index is 308. The highest BCUT2D eigenvalue weighted by atomic mass is 19.2. The van der Waals surface area contributed by atoms with Crippen molar-refractivity contribution >= 4 is 5.69 Å². The Hall–Kier alpha value is -1.16. The van der Waals surface area contributed by atoms with Gasteiger partial charge in [0.15, 0.2) is 11.6 Å². The fraction of sp³-hybridized carbons (Fsp3) is 0.333. The summed E-state index contributed by atoms with van der Waals surface area (Å²) < 4.78 is 25.4. The lowest BCUT2D eigenvalue weighted by molar-refractivity contribution is 0.508. The summed E-state index contributed by atoms with van der Waals surface area (Å²) in [5.74, 6) is -1.58. The molecule has 2 rings (SSSR count). The van der Waals surface area contributed by atoms with Gasteiger partial charge in [-0.1, -0.05) is 0 Å². The van der Waals surface area contributed by atoms with Crippen LogP contribution >= 0.6 is 0 Å². The zero-order valence-corrected chi connectivity index (χ0v) is 7.06. The van der Waals surface area contributed by atoms with Gasteiger partial charge in [-0.2, -0.15) is 0 Å². The number of nitrogens with one attached hydrogen (secondary N) is 1. The zero-order valence-electron chi connectivity index (χ0n) is 7.06. The standard InChI is InChI=1S/C9H10F2N2/c10-8-2-1-7(5-9(8)11)13-4-3-12-6-13/h1-2,5,12H,3-4,6H2. The molecule has 13 heavy (non-hydrogen) atoms. The predicted octanol–water partition coefficient (Wildman–Crippen LogP) is 1.33. The molecule has 0 unspecified atom stereocenters. The van der Waals surface area contributed by atoms with E-state index in [1.807, 2.05) is 4.90 Å². The van der Waals surface area contributed by atoms with Gasteiger partial charge in [-0.25, -0.2) is 8.78 Å². The van der Waals surface area contributed by atoms with Gasteiger partial charge in [0, 0.05) is 24.8 Å². The number of rotatable bonds is 1. The van der Waals surface area contributed by atoms with Crippen molar-refractivity contribution in [3.63, 3.8) is 0 Å². The fourth-order valence-corrected chi connectivity index (χ4v) is 1.41. The van der Waals surface area contributed by atoms with Gasteiger partial charge in [0.1, 0.15) is 0 Å². The molecule has 70 valence electrons. The van der Waals surface area contributed by atoms with E-state index < -0.39 is 11.6 Å². The van der Waals surface area contributed by atoms with E-state index in [4.69, 9.17) is 0 Å². The van der Waals surface area contributed by atoms with Crippen molar-refractivity contribution < 1.29 is 8.78 Å². The molecule has 0 amide bonds. The summed E-state index contributed by atoms with van der Waals surface area (Å²) in [4.78, 5) is 1.96. The molecular weight excluding hydrogens is 174 g/mol. The van der Waals surface area contributed by atoms with Gasteiger partial charge in [-0.05, 0) is 12.1 Å². The second kappa shape index (κ2) is 3.30. The third kappa shape index (κ3) is 1.62. The van der Waals surface area contributed by atoms with Crippen molar-refractivity contribution in [1.29, 1.82) is 0 Å². The molecule has 0 aromatic heterocycles. The van der Waals surface area contributed by atoms with Gasteiger partial charge in [0.25, 0.3) is 0 Å². The number of hydrogen-bond donors (Lipinski definition) is 1. The van der Waals surface area contributed by atoms with Gasteiger partial charge < -0.3 is 4.90 Å². The maximum atomic E-state index is 12.8. The first-order chi connectivity index (χ1) is 6.27. The fourth-order valence-electron chi connectivity index (χ4n) is 1.41. The van der Waals surface area contributed by atoms with Crippen molar-refractivity contribution in [1.82, 2.24) is 5.32 Å². The topological polar surface area (TPSA) is 15.3 Å². The molecule has 0 atom stereocenters. The maximum Gasteiger partial charge on any atom is 0.160 e. The minimum atomic E-state index is -0.795. The minimum Gasteiger partial charge on any atom is -0.357 e. The Labute approximate surface area is 75.2 Å². The second-order valence-electron chi connectivity index (χ2n) is 3.02. The van der Waals surface area contributed by atoms with E-state index in [0.29, 0.717) is 6.67 Å². The van der Waals surface area contributed by atoms with Crippen molar-refractivity contribution in [2.45, 2.75) is 0 Å².